The molecule has 1 heterocycles. The number of aromatic nitrogens is 2. The van der Waals surface area contributed by atoms with Gasteiger partial charge in [0.1, 0.15) is 0 Å². The number of rotatable bonds is 4. The molecule has 2 unspecified atom stereocenters. The fourth-order valence-electron chi connectivity index (χ4n) is 1.93. The standard InChI is InChI=1S/C12H17N3O/c1-8(4-5-13)6-10-14-11(15-16-10)9-7-12(9,2)3/h8-9H,4,6-7H2,1-3H3. The Kier molecular flexibility index (Phi) is 2.71. The molecule has 1 saturated carbocycles. The van der Waals surface area contributed by atoms with E-state index < -0.39 is 0 Å². The molecule has 1 aromatic rings. The van der Waals surface area contributed by atoms with Gasteiger partial charge in [-0.3, -0.25) is 0 Å². The summed E-state index contributed by atoms with van der Waals surface area (Å²) in [6, 6.07) is 2.15. The average molecular weight is 219 g/mol. The third-order valence-electron chi connectivity index (χ3n) is 3.27. The van der Waals surface area contributed by atoms with Crippen molar-refractivity contribution in [2.75, 3.05) is 0 Å². The van der Waals surface area contributed by atoms with Crippen molar-refractivity contribution in [3.05, 3.63) is 11.7 Å². The molecule has 0 saturated heterocycles. The van der Waals surface area contributed by atoms with Crippen molar-refractivity contribution in [3.8, 4) is 6.07 Å². The molecule has 4 nitrogen and oxygen atoms in total. The van der Waals surface area contributed by atoms with E-state index in [1.807, 2.05) is 6.92 Å². The fraction of sp³-hybridized carbons (Fsp3) is 0.750. The Labute approximate surface area is 95.7 Å². The second kappa shape index (κ2) is 3.89. The van der Waals surface area contributed by atoms with Gasteiger partial charge in [-0.2, -0.15) is 10.2 Å². The molecule has 0 spiro atoms. The average Bonchev–Trinajstić information content (AvgIpc) is 2.63. The maximum absolute atomic E-state index is 8.57. The van der Waals surface area contributed by atoms with Crippen molar-refractivity contribution < 1.29 is 4.52 Å². The van der Waals surface area contributed by atoms with Crippen molar-refractivity contribution in [2.45, 2.75) is 46.0 Å². The van der Waals surface area contributed by atoms with Crippen LogP contribution >= 0.6 is 0 Å². The summed E-state index contributed by atoms with van der Waals surface area (Å²) >= 11 is 0. The molecular formula is C12H17N3O. The summed E-state index contributed by atoms with van der Waals surface area (Å²) < 4.78 is 5.21. The van der Waals surface area contributed by atoms with E-state index in [9.17, 15) is 0 Å². The molecule has 4 heteroatoms. The van der Waals surface area contributed by atoms with Gasteiger partial charge in [0.15, 0.2) is 5.82 Å². The van der Waals surface area contributed by atoms with E-state index in [1.165, 1.54) is 0 Å². The number of nitriles is 1. The van der Waals surface area contributed by atoms with Crippen LogP contribution in [0.25, 0.3) is 0 Å². The normalized spacial score (nSPS) is 23.8. The highest BCUT2D eigenvalue weighted by molar-refractivity contribution is 5.14. The summed E-state index contributed by atoms with van der Waals surface area (Å²) in [6.45, 7) is 6.45. The van der Waals surface area contributed by atoms with Gasteiger partial charge in [0, 0.05) is 18.8 Å². The van der Waals surface area contributed by atoms with Crippen molar-refractivity contribution in [1.82, 2.24) is 10.1 Å². The van der Waals surface area contributed by atoms with Crippen LogP contribution in [0.15, 0.2) is 4.52 Å². The second-order valence-electron chi connectivity index (χ2n) is 5.46. The number of nitrogens with zero attached hydrogens (tertiary/aromatic N) is 3. The number of hydrogen-bond donors (Lipinski definition) is 0. The first-order chi connectivity index (χ1) is 7.53. The lowest BCUT2D eigenvalue weighted by molar-refractivity contribution is 0.354. The zero-order valence-electron chi connectivity index (χ0n) is 10.0. The highest BCUT2D eigenvalue weighted by atomic mass is 16.5. The molecule has 1 aromatic heterocycles. The van der Waals surface area contributed by atoms with Crippen molar-refractivity contribution in [2.24, 2.45) is 11.3 Å². The minimum Gasteiger partial charge on any atom is -0.339 e. The minimum atomic E-state index is 0.283. The fourth-order valence-corrected chi connectivity index (χ4v) is 1.93. The lowest BCUT2D eigenvalue weighted by Crippen LogP contribution is -1.99. The number of hydrogen-bond acceptors (Lipinski definition) is 4. The summed E-state index contributed by atoms with van der Waals surface area (Å²) in [6.07, 6.45) is 2.38. The maximum atomic E-state index is 8.57. The van der Waals surface area contributed by atoms with E-state index in [0.29, 0.717) is 30.1 Å². The van der Waals surface area contributed by atoms with Gasteiger partial charge in [0.05, 0.1) is 6.07 Å². The lowest BCUT2D eigenvalue weighted by atomic mass is 10.1. The van der Waals surface area contributed by atoms with Crippen LogP contribution in [0, 0.1) is 22.7 Å². The van der Waals surface area contributed by atoms with Crippen LogP contribution in [-0.4, -0.2) is 10.1 Å². The summed E-state index contributed by atoms with van der Waals surface area (Å²) in [5, 5.41) is 12.6. The molecule has 2 atom stereocenters. The molecule has 16 heavy (non-hydrogen) atoms. The molecule has 0 aliphatic heterocycles. The maximum Gasteiger partial charge on any atom is 0.226 e. The van der Waals surface area contributed by atoms with E-state index in [4.69, 9.17) is 9.78 Å². The van der Waals surface area contributed by atoms with Crippen molar-refractivity contribution in [3.63, 3.8) is 0 Å². The Hall–Kier alpha value is -1.37. The quantitative estimate of drug-likeness (QED) is 0.781. The SMILES string of the molecule is CC(CC#N)Cc1nc(C2CC2(C)C)no1. The van der Waals surface area contributed by atoms with Gasteiger partial charge in [-0.1, -0.05) is 25.9 Å². The van der Waals surface area contributed by atoms with Gasteiger partial charge < -0.3 is 4.52 Å². The van der Waals surface area contributed by atoms with E-state index in [0.717, 1.165) is 12.2 Å². The Morgan fingerprint density at radius 1 is 1.62 bits per heavy atom. The third kappa shape index (κ3) is 2.24. The second-order valence-corrected chi connectivity index (χ2v) is 5.46. The van der Waals surface area contributed by atoms with Crippen molar-refractivity contribution in [1.29, 1.82) is 5.26 Å². The Morgan fingerprint density at radius 2 is 2.31 bits per heavy atom. The Balaban J connectivity index is 1.96. The Bertz CT molecular complexity index is 416. The molecule has 2 rings (SSSR count). The zero-order chi connectivity index (χ0) is 11.8. The zero-order valence-corrected chi connectivity index (χ0v) is 10.0. The minimum absolute atomic E-state index is 0.283. The molecular weight excluding hydrogens is 202 g/mol. The smallest absolute Gasteiger partial charge is 0.226 e. The molecule has 86 valence electrons. The highest BCUT2D eigenvalue weighted by Gasteiger charge is 2.49. The molecule has 0 radical (unpaired) electrons. The van der Waals surface area contributed by atoms with E-state index in [1.54, 1.807) is 0 Å². The van der Waals surface area contributed by atoms with Gasteiger partial charge in [0.25, 0.3) is 0 Å². The molecule has 1 aliphatic rings. The molecule has 0 N–H and O–H groups in total. The van der Waals surface area contributed by atoms with Crippen LogP contribution in [0.1, 0.15) is 51.2 Å². The third-order valence-corrected chi connectivity index (χ3v) is 3.27. The lowest BCUT2D eigenvalue weighted by Gasteiger charge is -2.00. The summed E-state index contributed by atoms with van der Waals surface area (Å²) in [7, 11) is 0. The predicted molar refractivity (Wildman–Crippen MR) is 58.5 cm³/mol. The summed E-state index contributed by atoms with van der Waals surface area (Å²) in [4.78, 5) is 4.40. The Morgan fingerprint density at radius 3 is 2.88 bits per heavy atom. The molecule has 0 bridgehead atoms. The molecule has 0 amide bonds. The highest BCUT2D eigenvalue weighted by Crippen LogP contribution is 2.57. The summed E-state index contributed by atoms with van der Waals surface area (Å²) in [5.41, 5.74) is 0.333. The van der Waals surface area contributed by atoms with Gasteiger partial charge in [-0.25, -0.2) is 0 Å². The topological polar surface area (TPSA) is 62.7 Å². The van der Waals surface area contributed by atoms with Crippen molar-refractivity contribution >= 4 is 0 Å². The largest absolute Gasteiger partial charge is 0.339 e. The van der Waals surface area contributed by atoms with Gasteiger partial charge in [-0.15, -0.1) is 0 Å². The molecule has 1 fully saturated rings. The molecule has 1 aliphatic carbocycles. The predicted octanol–water partition coefficient (Wildman–Crippen LogP) is 2.68. The van der Waals surface area contributed by atoms with E-state index in [2.05, 4.69) is 30.1 Å². The van der Waals surface area contributed by atoms with Crippen LogP contribution in [0.4, 0.5) is 0 Å². The van der Waals surface area contributed by atoms with E-state index >= 15 is 0 Å². The van der Waals surface area contributed by atoms with Crippen LogP contribution in [-0.2, 0) is 6.42 Å². The van der Waals surface area contributed by atoms with Gasteiger partial charge in [0.2, 0.25) is 5.89 Å². The van der Waals surface area contributed by atoms with Crippen LogP contribution < -0.4 is 0 Å². The van der Waals surface area contributed by atoms with Crippen LogP contribution in [0.5, 0.6) is 0 Å². The molecule has 0 aromatic carbocycles. The van der Waals surface area contributed by atoms with Gasteiger partial charge in [-0.05, 0) is 17.8 Å². The van der Waals surface area contributed by atoms with E-state index in [-0.39, 0.29) is 5.92 Å². The first-order valence-electron chi connectivity index (χ1n) is 5.72. The first kappa shape index (κ1) is 11.1. The van der Waals surface area contributed by atoms with Crippen LogP contribution in [0.3, 0.4) is 0 Å². The first-order valence-corrected chi connectivity index (χ1v) is 5.72. The van der Waals surface area contributed by atoms with Gasteiger partial charge >= 0.3 is 0 Å². The monoisotopic (exact) mass is 219 g/mol. The summed E-state index contributed by atoms with van der Waals surface area (Å²) in [5.74, 6) is 2.24. The van der Waals surface area contributed by atoms with Crippen LogP contribution in [0.2, 0.25) is 0 Å².